The molecule has 0 bridgehead atoms. The standard InChI is InChI=1S/C14H23NO2/c1-5-8-17-13-7-6-12(14(16)9-13)10-15(4)11(2)3/h6-7,9,11,16H,5,8,10H2,1-4H3. The smallest absolute Gasteiger partial charge is 0.123 e. The number of hydrogen-bond donors (Lipinski definition) is 1. The predicted molar refractivity (Wildman–Crippen MR) is 70.5 cm³/mol. The average Bonchev–Trinajstić information content (AvgIpc) is 2.29. The second-order valence-electron chi connectivity index (χ2n) is 4.65. The fourth-order valence-electron chi connectivity index (χ4n) is 1.44. The van der Waals surface area contributed by atoms with Gasteiger partial charge in [0.05, 0.1) is 6.61 Å². The van der Waals surface area contributed by atoms with E-state index in [1.54, 1.807) is 6.07 Å². The number of ether oxygens (including phenoxy) is 1. The van der Waals surface area contributed by atoms with Crippen molar-refractivity contribution >= 4 is 0 Å². The van der Waals surface area contributed by atoms with Crippen molar-refractivity contribution < 1.29 is 9.84 Å². The highest BCUT2D eigenvalue weighted by molar-refractivity contribution is 5.39. The lowest BCUT2D eigenvalue weighted by Gasteiger charge is -2.21. The van der Waals surface area contributed by atoms with Crippen LogP contribution in [0, 0.1) is 0 Å². The van der Waals surface area contributed by atoms with Crippen LogP contribution in [0.5, 0.6) is 11.5 Å². The maximum atomic E-state index is 9.91. The van der Waals surface area contributed by atoms with E-state index >= 15 is 0 Å². The zero-order valence-corrected chi connectivity index (χ0v) is 11.2. The van der Waals surface area contributed by atoms with Crippen LogP contribution < -0.4 is 4.74 Å². The summed E-state index contributed by atoms with van der Waals surface area (Å²) in [7, 11) is 2.05. The normalized spacial score (nSPS) is 11.2. The summed E-state index contributed by atoms with van der Waals surface area (Å²) in [6, 6.07) is 6.00. The van der Waals surface area contributed by atoms with Crippen LogP contribution in [0.4, 0.5) is 0 Å². The molecule has 0 aliphatic carbocycles. The number of hydrogen-bond acceptors (Lipinski definition) is 3. The Balaban J connectivity index is 2.69. The Kier molecular flexibility index (Phi) is 5.29. The SMILES string of the molecule is CCCOc1ccc(CN(C)C(C)C)c(O)c1. The predicted octanol–water partition coefficient (Wildman–Crippen LogP) is 3.02. The van der Waals surface area contributed by atoms with Crippen LogP contribution in [0.2, 0.25) is 0 Å². The van der Waals surface area contributed by atoms with Gasteiger partial charge in [-0.3, -0.25) is 4.90 Å². The van der Waals surface area contributed by atoms with Crippen LogP contribution in [-0.2, 0) is 6.54 Å². The van der Waals surface area contributed by atoms with Gasteiger partial charge in [0.2, 0.25) is 0 Å². The van der Waals surface area contributed by atoms with E-state index in [2.05, 4.69) is 25.7 Å². The Morgan fingerprint density at radius 1 is 1.35 bits per heavy atom. The molecular formula is C14H23NO2. The van der Waals surface area contributed by atoms with Crippen molar-refractivity contribution in [2.24, 2.45) is 0 Å². The first kappa shape index (κ1) is 13.8. The molecule has 17 heavy (non-hydrogen) atoms. The van der Waals surface area contributed by atoms with Crippen LogP contribution in [0.1, 0.15) is 32.8 Å². The molecule has 0 aliphatic heterocycles. The van der Waals surface area contributed by atoms with Crippen molar-refractivity contribution in [3.8, 4) is 11.5 Å². The second-order valence-corrected chi connectivity index (χ2v) is 4.65. The summed E-state index contributed by atoms with van der Waals surface area (Å²) < 4.78 is 5.47. The van der Waals surface area contributed by atoms with E-state index in [1.165, 1.54) is 0 Å². The molecule has 96 valence electrons. The lowest BCUT2D eigenvalue weighted by molar-refractivity contribution is 0.261. The van der Waals surface area contributed by atoms with E-state index < -0.39 is 0 Å². The zero-order chi connectivity index (χ0) is 12.8. The molecule has 1 N–H and O–H groups in total. The minimum Gasteiger partial charge on any atom is -0.507 e. The summed E-state index contributed by atoms with van der Waals surface area (Å²) in [6.45, 7) is 7.76. The molecule has 0 radical (unpaired) electrons. The first-order valence-electron chi connectivity index (χ1n) is 6.19. The van der Waals surface area contributed by atoms with Crippen LogP contribution in [0.3, 0.4) is 0 Å². The molecule has 1 aromatic carbocycles. The lowest BCUT2D eigenvalue weighted by Crippen LogP contribution is -2.25. The first-order valence-corrected chi connectivity index (χ1v) is 6.19. The number of aromatic hydroxyl groups is 1. The molecule has 0 aromatic heterocycles. The molecule has 3 nitrogen and oxygen atoms in total. The Bertz CT molecular complexity index is 350. The maximum absolute atomic E-state index is 9.91. The molecule has 1 rings (SSSR count). The molecule has 0 heterocycles. The fraction of sp³-hybridized carbons (Fsp3) is 0.571. The monoisotopic (exact) mass is 237 g/mol. The highest BCUT2D eigenvalue weighted by Crippen LogP contribution is 2.25. The summed E-state index contributed by atoms with van der Waals surface area (Å²) in [4.78, 5) is 2.18. The highest BCUT2D eigenvalue weighted by atomic mass is 16.5. The van der Waals surface area contributed by atoms with Gasteiger partial charge in [0.1, 0.15) is 11.5 Å². The number of phenolic OH excluding ortho intramolecular Hbond substituents is 1. The van der Waals surface area contributed by atoms with E-state index in [1.807, 2.05) is 19.2 Å². The van der Waals surface area contributed by atoms with Crippen LogP contribution in [-0.4, -0.2) is 29.7 Å². The summed E-state index contributed by atoms with van der Waals surface area (Å²) in [6.07, 6.45) is 0.971. The maximum Gasteiger partial charge on any atom is 0.123 e. The van der Waals surface area contributed by atoms with Gasteiger partial charge in [0, 0.05) is 24.2 Å². The molecule has 1 aromatic rings. The van der Waals surface area contributed by atoms with Crippen LogP contribution in [0.15, 0.2) is 18.2 Å². The molecule has 0 aliphatic rings. The molecule has 0 fully saturated rings. The van der Waals surface area contributed by atoms with E-state index in [-0.39, 0.29) is 0 Å². The number of rotatable bonds is 6. The summed E-state index contributed by atoms with van der Waals surface area (Å²) in [5, 5.41) is 9.91. The Morgan fingerprint density at radius 2 is 2.06 bits per heavy atom. The summed E-state index contributed by atoms with van der Waals surface area (Å²) in [5.74, 6) is 1.05. The van der Waals surface area contributed by atoms with Gasteiger partial charge in [0.25, 0.3) is 0 Å². The second kappa shape index (κ2) is 6.50. The molecule has 0 saturated heterocycles. The van der Waals surface area contributed by atoms with Gasteiger partial charge in [0.15, 0.2) is 0 Å². The first-order chi connectivity index (χ1) is 8.04. The lowest BCUT2D eigenvalue weighted by atomic mass is 10.1. The van der Waals surface area contributed by atoms with Crippen molar-refractivity contribution in [1.82, 2.24) is 4.90 Å². The molecule has 0 amide bonds. The van der Waals surface area contributed by atoms with Crippen LogP contribution in [0.25, 0.3) is 0 Å². The van der Waals surface area contributed by atoms with Crippen molar-refractivity contribution in [2.75, 3.05) is 13.7 Å². The third-order valence-corrected chi connectivity index (χ3v) is 2.83. The van der Waals surface area contributed by atoms with E-state index in [9.17, 15) is 5.11 Å². The Labute approximate surface area is 104 Å². The summed E-state index contributed by atoms with van der Waals surface area (Å²) in [5.41, 5.74) is 0.935. The van der Waals surface area contributed by atoms with Crippen molar-refractivity contribution in [2.45, 2.75) is 39.8 Å². The third kappa shape index (κ3) is 4.27. The molecular weight excluding hydrogens is 214 g/mol. The molecule has 3 heteroatoms. The summed E-state index contributed by atoms with van der Waals surface area (Å²) >= 11 is 0. The zero-order valence-electron chi connectivity index (χ0n) is 11.2. The van der Waals surface area contributed by atoms with Crippen LogP contribution >= 0.6 is 0 Å². The number of phenols is 1. The van der Waals surface area contributed by atoms with Crippen molar-refractivity contribution in [3.63, 3.8) is 0 Å². The van der Waals surface area contributed by atoms with E-state index in [0.717, 1.165) is 24.3 Å². The highest BCUT2D eigenvalue weighted by Gasteiger charge is 2.08. The Morgan fingerprint density at radius 3 is 2.59 bits per heavy atom. The minimum absolute atomic E-state index is 0.311. The fourth-order valence-corrected chi connectivity index (χ4v) is 1.44. The molecule has 0 atom stereocenters. The van der Waals surface area contributed by atoms with E-state index in [4.69, 9.17) is 4.74 Å². The topological polar surface area (TPSA) is 32.7 Å². The number of benzene rings is 1. The van der Waals surface area contributed by atoms with Gasteiger partial charge in [-0.15, -0.1) is 0 Å². The quantitative estimate of drug-likeness (QED) is 0.825. The van der Waals surface area contributed by atoms with Gasteiger partial charge in [-0.05, 0) is 33.4 Å². The van der Waals surface area contributed by atoms with Gasteiger partial charge in [-0.1, -0.05) is 13.0 Å². The Hall–Kier alpha value is -1.22. The molecule has 0 spiro atoms. The third-order valence-electron chi connectivity index (χ3n) is 2.83. The molecule has 0 saturated carbocycles. The van der Waals surface area contributed by atoms with Crippen molar-refractivity contribution in [3.05, 3.63) is 23.8 Å². The van der Waals surface area contributed by atoms with Gasteiger partial charge >= 0.3 is 0 Å². The minimum atomic E-state index is 0.311. The van der Waals surface area contributed by atoms with Gasteiger partial charge in [-0.25, -0.2) is 0 Å². The van der Waals surface area contributed by atoms with E-state index in [0.29, 0.717) is 18.4 Å². The van der Waals surface area contributed by atoms with Gasteiger partial charge < -0.3 is 9.84 Å². The largest absolute Gasteiger partial charge is 0.507 e. The average molecular weight is 237 g/mol. The van der Waals surface area contributed by atoms with Crippen molar-refractivity contribution in [1.29, 1.82) is 0 Å². The number of nitrogens with zero attached hydrogens (tertiary/aromatic N) is 1. The van der Waals surface area contributed by atoms with Gasteiger partial charge in [-0.2, -0.15) is 0 Å². The molecule has 0 unspecified atom stereocenters.